The first-order valence-corrected chi connectivity index (χ1v) is 7.66. The number of carbonyl (C=O) groups is 1. The molecule has 1 aromatic rings. The monoisotopic (exact) mass is 285 g/mol. The summed E-state index contributed by atoms with van der Waals surface area (Å²) in [5.74, 6) is -1.78. The molecular formula is C13H19NO4S. The zero-order valence-electron chi connectivity index (χ0n) is 11.1. The summed E-state index contributed by atoms with van der Waals surface area (Å²) in [4.78, 5) is 10.8. The summed E-state index contributed by atoms with van der Waals surface area (Å²) in [5.41, 5.74) is 1.08. The molecule has 1 aromatic carbocycles. The lowest BCUT2D eigenvalue weighted by Crippen LogP contribution is -2.31. The summed E-state index contributed by atoms with van der Waals surface area (Å²) >= 11 is 0. The molecule has 0 aliphatic carbocycles. The van der Waals surface area contributed by atoms with Gasteiger partial charge >= 0.3 is 5.97 Å². The van der Waals surface area contributed by atoms with Crippen molar-refractivity contribution in [3.63, 3.8) is 0 Å². The van der Waals surface area contributed by atoms with Crippen molar-refractivity contribution in [1.82, 2.24) is 4.72 Å². The number of rotatable bonds is 7. The maximum Gasteiger partial charge on any atom is 0.307 e. The zero-order chi connectivity index (χ0) is 14.5. The van der Waals surface area contributed by atoms with Crippen LogP contribution in [0.4, 0.5) is 0 Å². The van der Waals surface area contributed by atoms with E-state index in [9.17, 15) is 13.2 Å². The molecule has 1 unspecified atom stereocenters. The Kier molecular flexibility index (Phi) is 5.50. The summed E-state index contributed by atoms with van der Waals surface area (Å²) in [5, 5.41) is 8.71. The Balaban J connectivity index is 2.74. The van der Waals surface area contributed by atoms with E-state index in [-0.39, 0.29) is 11.4 Å². The van der Waals surface area contributed by atoms with Gasteiger partial charge in [-0.05, 0) is 24.1 Å². The van der Waals surface area contributed by atoms with Crippen LogP contribution in [0.25, 0.3) is 0 Å². The average molecular weight is 285 g/mol. The van der Waals surface area contributed by atoms with Crippen molar-refractivity contribution in [2.24, 2.45) is 5.92 Å². The van der Waals surface area contributed by atoms with Crippen LogP contribution >= 0.6 is 0 Å². The van der Waals surface area contributed by atoms with Crippen LogP contribution in [0.3, 0.4) is 0 Å². The first-order chi connectivity index (χ1) is 8.86. The Morgan fingerprint density at radius 3 is 2.37 bits per heavy atom. The fraction of sp³-hybridized carbons (Fsp3) is 0.462. The number of aliphatic carboxylic acids is 1. The molecule has 1 atom stereocenters. The van der Waals surface area contributed by atoms with E-state index < -0.39 is 21.9 Å². The van der Waals surface area contributed by atoms with Crippen LogP contribution in [0.2, 0.25) is 0 Å². The molecule has 0 aromatic heterocycles. The highest BCUT2D eigenvalue weighted by Gasteiger charge is 2.17. The molecule has 5 nitrogen and oxygen atoms in total. The van der Waals surface area contributed by atoms with Crippen molar-refractivity contribution >= 4 is 16.0 Å². The van der Waals surface area contributed by atoms with E-state index in [0.717, 1.165) is 18.4 Å². The molecule has 1 rings (SSSR count). The Morgan fingerprint density at radius 2 is 1.89 bits per heavy atom. The lowest BCUT2D eigenvalue weighted by molar-refractivity contribution is -0.140. The van der Waals surface area contributed by atoms with Gasteiger partial charge in [0.15, 0.2) is 0 Å². The maximum absolute atomic E-state index is 11.9. The number of hydrogen-bond acceptors (Lipinski definition) is 3. The Hall–Kier alpha value is -1.40. The van der Waals surface area contributed by atoms with Crippen LogP contribution < -0.4 is 4.72 Å². The first-order valence-electron chi connectivity index (χ1n) is 6.18. The SMILES string of the molecule is CCCc1ccc(S(=O)(=O)NCC(C)C(=O)O)cc1. The molecule has 0 radical (unpaired) electrons. The van der Waals surface area contributed by atoms with Crippen LogP contribution in [-0.2, 0) is 21.2 Å². The minimum atomic E-state index is -3.63. The topological polar surface area (TPSA) is 83.5 Å². The smallest absolute Gasteiger partial charge is 0.307 e. The van der Waals surface area contributed by atoms with E-state index in [4.69, 9.17) is 5.11 Å². The maximum atomic E-state index is 11.9. The van der Waals surface area contributed by atoms with Gasteiger partial charge in [-0.2, -0.15) is 0 Å². The first kappa shape index (κ1) is 15.7. The van der Waals surface area contributed by atoms with E-state index in [1.54, 1.807) is 24.3 Å². The second-order valence-corrected chi connectivity index (χ2v) is 6.25. The Labute approximate surface area is 113 Å². The lowest BCUT2D eigenvalue weighted by atomic mass is 10.1. The van der Waals surface area contributed by atoms with Crippen molar-refractivity contribution in [2.75, 3.05) is 6.54 Å². The number of carboxylic acid groups (broad SMARTS) is 1. The molecule has 0 spiro atoms. The highest BCUT2D eigenvalue weighted by atomic mass is 32.2. The van der Waals surface area contributed by atoms with Gasteiger partial charge in [0.1, 0.15) is 0 Å². The van der Waals surface area contributed by atoms with E-state index in [1.807, 2.05) is 0 Å². The van der Waals surface area contributed by atoms with Gasteiger partial charge in [-0.25, -0.2) is 13.1 Å². The van der Waals surface area contributed by atoms with Crippen LogP contribution in [0.1, 0.15) is 25.8 Å². The number of carboxylic acids is 1. The molecule has 2 N–H and O–H groups in total. The number of nitrogens with one attached hydrogen (secondary N) is 1. The van der Waals surface area contributed by atoms with Gasteiger partial charge in [0.05, 0.1) is 10.8 Å². The van der Waals surface area contributed by atoms with Crippen LogP contribution in [0.5, 0.6) is 0 Å². The van der Waals surface area contributed by atoms with E-state index in [0.29, 0.717) is 0 Å². The van der Waals surface area contributed by atoms with E-state index in [2.05, 4.69) is 11.6 Å². The largest absolute Gasteiger partial charge is 0.481 e. The van der Waals surface area contributed by atoms with Crippen molar-refractivity contribution in [3.05, 3.63) is 29.8 Å². The van der Waals surface area contributed by atoms with Gasteiger partial charge in [-0.3, -0.25) is 4.79 Å². The summed E-state index contributed by atoms with van der Waals surface area (Å²) < 4.78 is 26.1. The van der Waals surface area contributed by atoms with Gasteiger partial charge in [-0.15, -0.1) is 0 Å². The quantitative estimate of drug-likeness (QED) is 0.797. The molecule has 0 saturated carbocycles. The van der Waals surface area contributed by atoms with Gasteiger partial charge < -0.3 is 5.11 Å². The van der Waals surface area contributed by atoms with Gasteiger partial charge in [-0.1, -0.05) is 32.4 Å². The molecule has 19 heavy (non-hydrogen) atoms. The number of sulfonamides is 1. The van der Waals surface area contributed by atoms with Gasteiger partial charge in [0, 0.05) is 6.54 Å². The lowest BCUT2D eigenvalue weighted by Gasteiger charge is -2.09. The number of hydrogen-bond donors (Lipinski definition) is 2. The molecule has 0 bridgehead atoms. The third-order valence-corrected chi connectivity index (χ3v) is 4.21. The molecule has 6 heteroatoms. The van der Waals surface area contributed by atoms with Gasteiger partial charge in [0.2, 0.25) is 10.0 Å². The third-order valence-electron chi connectivity index (χ3n) is 2.77. The molecule has 0 fully saturated rings. The third kappa shape index (κ3) is 4.65. The average Bonchev–Trinajstić information content (AvgIpc) is 2.37. The molecule has 0 heterocycles. The van der Waals surface area contributed by atoms with E-state index in [1.165, 1.54) is 6.92 Å². The standard InChI is InChI=1S/C13H19NO4S/c1-3-4-11-5-7-12(8-6-11)19(17,18)14-9-10(2)13(15)16/h5-8,10,14H,3-4,9H2,1-2H3,(H,15,16). The van der Waals surface area contributed by atoms with Gasteiger partial charge in [0.25, 0.3) is 0 Å². The highest BCUT2D eigenvalue weighted by molar-refractivity contribution is 7.89. The zero-order valence-corrected chi connectivity index (χ0v) is 11.9. The summed E-state index contributed by atoms with van der Waals surface area (Å²) in [6.45, 7) is 3.39. The molecule has 0 aliphatic heterocycles. The molecule has 0 amide bonds. The molecular weight excluding hydrogens is 266 g/mol. The second kappa shape index (κ2) is 6.68. The highest BCUT2D eigenvalue weighted by Crippen LogP contribution is 2.12. The van der Waals surface area contributed by atoms with Crippen LogP contribution in [-0.4, -0.2) is 26.0 Å². The predicted octanol–water partition coefficient (Wildman–Crippen LogP) is 1.64. The fourth-order valence-electron chi connectivity index (χ4n) is 1.53. The number of aryl methyl sites for hydroxylation is 1. The minimum Gasteiger partial charge on any atom is -0.481 e. The minimum absolute atomic E-state index is 0.117. The number of benzene rings is 1. The van der Waals surface area contributed by atoms with Crippen molar-refractivity contribution < 1.29 is 18.3 Å². The Bertz CT molecular complexity index is 522. The normalized spacial score (nSPS) is 13.2. The summed E-state index contributed by atoms with van der Waals surface area (Å²) in [6.07, 6.45) is 1.91. The second-order valence-electron chi connectivity index (χ2n) is 4.49. The van der Waals surface area contributed by atoms with E-state index >= 15 is 0 Å². The van der Waals surface area contributed by atoms with Crippen molar-refractivity contribution in [2.45, 2.75) is 31.6 Å². The molecule has 106 valence electrons. The Morgan fingerprint density at radius 1 is 1.32 bits per heavy atom. The fourth-order valence-corrected chi connectivity index (χ4v) is 2.66. The summed E-state index contributed by atoms with van der Waals surface area (Å²) in [7, 11) is -3.63. The van der Waals surface area contributed by atoms with Crippen molar-refractivity contribution in [3.8, 4) is 0 Å². The molecule has 0 saturated heterocycles. The predicted molar refractivity (Wildman–Crippen MR) is 72.4 cm³/mol. The van der Waals surface area contributed by atoms with Crippen molar-refractivity contribution in [1.29, 1.82) is 0 Å². The summed E-state index contributed by atoms with van der Waals surface area (Å²) in [6, 6.07) is 6.63. The van der Waals surface area contributed by atoms with Crippen LogP contribution in [0, 0.1) is 5.92 Å². The van der Waals surface area contributed by atoms with Crippen LogP contribution in [0.15, 0.2) is 29.2 Å². The molecule has 0 aliphatic rings.